The Labute approximate surface area is 124 Å². The summed E-state index contributed by atoms with van der Waals surface area (Å²) in [5.41, 5.74) is 6.94. The Morgan fingerprint density at radius 2 is 2.19 bits per heavy atom. The Hall–Kier alpha value is -1.98. The Morgan fingerprint density at radius 3 is 2.86 bits per heavy atom. The van der Waals surface area contributed by atoms with Crippen molar-refractivity contribution in [2.75, 3.05) is 25.4 Å². The minimum Gasteiger partial charge on any atom is -0.466 e. The van der Waals surface area contributed by atoms with Crippen molar-refractivity contribution in [3.8, 4) is 0 Å². The van der Waals surface area contributed by atoms with E-state index >= 15 is 0 Å². The number of nitrogens with two attached hydrogens (primary N) is 1. The number of hydrogen-bond acceptors (Lipinski definition) is 4. The number of hydrogen-bond donors (Lipinski definition) is 1. The Balaban J connectivity index is 2.10. The molecule has 2 N–H and O–H groups in total. The van der Waals surface area contributed by atoms with Gasteiger partial charge in [0.1, 0.15) is 5.69 Å². The summed E-state index contributed by atoms with van der Waals surface area (Å²) in [6.45, 7) is 5.91. The first-order valence-electron chi connectivity index (χ1n) is 7.48. The maximum atomic E-state index is 12.6. The molecule has 0 saturated carbocycles. The number of piperidine rings is 1. The number of carbonyl (C=O) groups excluding carboxylic acids is 2. The molecule has 1 saturated heterocycles. The standard InChI is InChI=1S/C15H23N3O3/c1-3-17-10-12(16)8-13(17)14(19)18-7-5-6-11(9-18)15(20)21-4-2/h8,10-11H,3-7,9,16H2,1-2H3. The van der Waals surface area contributed by atoms with Crippen LogP contribution in [0.25, 0.3) is 0 Å². The molecule has 0 aliphatic carbocycles. The molecule has 0 aromatic carbocycles. The second-order valence-corrected chi connectivity index (χ2v) is 5.29. The molecule has 1 unspecified atom stereocenters. The van der Waals surface area contributed by atoms with Crippen molar-refractivity contribution < 1.29 is 14.3 Å². The number of ether oxygens (including phenoxy) is 1. The van der Waals surface area contributed by atoms with E-state index in [-0.39, 0.29) is 17.8 Å². The number of esters is 1. The lowest BCUT2D eigenvalue weighted by molar-refractivity contribution is -0.149. The first kappa shape index (κ1) is 15.4. The van der Waals surface area contributed by atoms with E-state index < -0.39 is 0 Å². The molecule has 6 heteroatoms. The number of aryl methyl sites for hydroxylation is 1. The Bertz CT molecular complexity index is 524. The summed E-state index contributed by atoms with van der Waals surface area (Å²) in [4.78, 5) is 26.2. The van der Waals surface area contributed by atoms with Crippen molar-refractivity contribution in [1.29, 1.82) is 0 Å². The van der Waals surface area contributed by atoms with E-state index in [0.29, 0.717) is 37.6 Å². The molecule has 1 aliphatic heterocycles. The monoisotopic (exact) mass is 293 g/mol. The van der Waals surface area contributed by atoms with Gasteiger partial charge in [0.15, 0.2) is 0 Å². The van der Waals surface area contributed by atoms with Crippen molar-refractivity contribution >= 4 is 17.6 Å². The van der Waals surface area contributed by atoms with E-state index in [4.69, 9.17) is 10.5 Å². The third-order valence-corrected chi connectivity index (χ3v) is 3.81. The van der Waals surface area contributed by atoms with Crippen LogP contribution in [0.15, 0.2) is 12.3 Å². The number of amides is 1. The summed E-state index contributed by atoms with van der Waals surface area (Å²) < 4.78 is 6.90. The molecule has 1 amide bonds. The second kappa shape index (κ2) is 6.65. The van der Waals surface area contributed by atoms with Gasteiger partial charge >= 0.3 is 5.97 Å². The van der Waals surface area contributed by atoms with Gasteiger partial charge in [-0.3, -0.25) is 9.59 Å². The van der Waals surface area contributed by atoms with Crippen molar-refractivity contribution in [2.24, 2.45) is 5.92 Å². The van der Waals surface area contributed by atoms with Gasteiger partial charge in [-0.05, 0) is 32.8 Å². The van der Waals surface area contributed by atoms with Crippen molar-refractivity contribution in [3.63, 3.8) is 0 Å². The van der Waals surface area contributed by atoms with Gasteiger partial charge in [-0.15, -0.1) is 0 Å². The van der Waals surface area contributed by atoms with Gasteiger partial charge in [0, 0.05) is 25.8 Å². The van der Waals surface area contributed by atoms with Gasteiger partial charge in [0.2, 0.25) is 0 Å². The highest BCUT2D eigenvalue weighted by Gasteiger charge is 2.30. The highest BCUT2D eigenvalue weighted by atomic mass is 16.5. The fraction of sp³-hybridized carbons (Fsp3) is 0.600. The molecule has 0 radical (unpaired) electrons. The van der Waals surface area contributed by atoms with E-state index in [9.17, 15) is 9.59 Å². The summed E-state index contributed by atoms with van der Waals surface area (Å²) in [6.07, 6.45) is 3.36. The summed E-state index contributed by atoms with van der Waals surface area (Å²) in [5, 5.41) is 0. The van der Waals surface area contributed by atoms with Crippen LogP contribution in [0.1, 0.15) is 37.2 Å². The Kier molecular flexibility index (Phi) is 4.88. The molecule has 1 aromatic heterocycles. The molecule has 1 fully saturated rings. The van der Waals surface area contributed by atoms with E-state index in [2.05, 4.69) is 0 Å². The molecule has 21 heavy (non-hydrogen) atoms. The van der Waals surface area contributed by atoms with E-state index in [1.807, 2.05) is 11.5 Å². The smallest absolute Gasteiger partial charge is 0.310 e. The highest BCUT2D eigenvalue weighted by molar-refractivity contribution is 5.94. The quantitative estimate of drug-likeness (QED) is 0.854. The zero-order valence-corrected chi connectivity index (χ0v) is 12.7. The average Bonchev–Trinajstić information content (AvgIpc) is 2.88. The summed E-state index contributed by atoms with van der Waals surface area (Å²) in [6, 6.07) is 1.69. The third-order valence-electron chi connectivity index (χ3n) is 3.81. The molecule has 2 rings (SSSR count). The average molecular weight is 293 g/mol. The number of anilines is 1. The summed E-state index contributed by atoms with van der Waals surface area (Å²) in [5.74, 6) is -0.493. The van der Waals surface area contributed by atoms with Gasteiger partial charge < -0.3 is 19.9 Å². The molecule has 0 bridgehead atoms. The maximum absolute atomic E-state index is 12.6. The third kappa shape index (κ3) is 3.37. The molecule has 1 atom stereocenters. The minimum atomic E-state index is -0.218. The predicted molar refractivity (Wildman–Crippen MR) is 79.8 cm³/mol. The number of aromatic nitrogens is 1. The van der Waals surface area contributed by atoms with Crippen LogP contribution >= 0.6 is 0 Å². The van der Waals surface area contributed by atoms with Crippen LogP contribution in [0, 0.1) is 5.92 Å². The lowest BCUT2D eigenvalue weighted by atomic mass is 9.98. The van der Waals surface area contributed by atoms with Crippen LogP contribution in [0.2, 0.25) is 0 Å². The van der Waals surface area contributed by atoms with Crippen LogP contribution in [-0.4, -0.2) is 41.0 Å². The largest absolute Gasteiger partial charge is 0.466 e. The second-order valence-electron chi connectivity index (χ2n) is 5.29. The summed E-state index contributed by atoms with van der Waals surface area (Å²) in [7, 11) is 0. The van der Waals surface area contributed by atoms with Crippen LogP contribution < -0.4 is 5.73 Å². The van der Waals surface area contributed by atoms with E-state index in [0.717, 1.165) is 12.8 Å². The van der Waals surface area contributed by atoms with Crippen LogP contribution in [-0.2, 0) is 16.1 Å². The van der Waals surface area contributed by atoms with Crippen molar-refractivity contribution in [2.45, 2.75) is 33.2 Å². The van der Waals surface area contributed by atoms with Gasteiger partial charge in [-0.25, -0.2) is 0 Å². The number of carbonyl (C=O) groups is 2. The highest BCUT2D eigenvalue weighted by Crippen LogP contribution is 2.21. The fourth-order valence-corrected chi connectivity index (χ4v) is 2.75. The fourth-order valence-electron chi connectivity index (χ4n) is 2.75. The van der Waals surface area contributed by atoms with E-state index in [1.54, 1.807) is 24.1 Å². The van der Waals surface area contributed by atoms with Gasteiger partial charge in [0.25, 0.3) is 5.91 Å². The minimum absolute atomic E-state index is 0.0671. The number of likely N-dealkylation sites (tertiary alicyclic amines) is 1. The number of nitrogen functional groups attached to an aromatic ring is 1. The number of rotatable bonds is 4. The Morgan fingerprint density at radius 1 is 1.43 bits per heavy atom. The summed E-state index contributed by atoms with van der Waals surface area (Å²) >= 11 is 0. The molecule has 1 aromatic rings. The topological polar surface area (TPSA) is 77.6 Å². The molecule has 0 spiro atoms. The first-order chi connectivity index (χ1) is 10.1. The predicted octanol–water partition coefficient (Wildman–Crippen LogP) is 1.51. The SMILES string of the molecule is CCOC(=O)C1CCCN(C(=O)c2cc(N)cn2CC)C1. The van der Waals surface area contributed by atoms with E-state index in [1.165, 1.54) is 0 Å². The van der Waals surface area contributed by atoms with Crippen molar-refractivity contribution in [3.05, 3.63) is 18.0 Å². The number of nitrogens with zero attached hydrogens (tertiary/aromatic N) is 2. The van der Waals surface area contributed by atoms with Gasteiger partial charge in [0.05, 0.1) is 18.2 Å². The molecule has 116 valence electrons. The molecule has 2 heterocycles. The molecular formula is C15H23N3O3. The zero-order valence-electron chi connectivity index (χ0n) is 12.7. The molecule has 1 aliphatic rings. The van der Waals surface area contributed by atoms with Crippen molar-refractivity contribution in [1.82, 2.24) is 9.47 Å². The maximum Gasteiger partial charge on any atom is 0.310 e. The van der Waals surface area contributed by atoms with Crippen LogP contribution in [0.3, 0.4) is 0 Å². The zero-order chi connectivity index (χ0) is 15.4. The molecular weight excluding hydrogens is 270 g/mol. The normalized spacial score (nSPS) is 18.6. The van der Waals surface area contributed by atoms with Crippen LogP contribution in [0.4, 0.5) is 5.69 Å². The van der Waals surface area contributed by atoms with Gasteiger partial charge in [-0.2, -0.15) is 0 Å². The van der Waals surface area contributed by atoms with Gasteiger partial charge in [-0.1, -0.05) is 0 Å². The lowest BCUT2D eigenvalue weighted by Gasteiger charge is -2.31. The molecule has 6 nitrogen and oxygen atoms in total. The lowest BCUT2D eigenvalue weighted by Crippen LogP contribution is -2.43. The van der Waals surface area contributed by atoms with Crippen LogP contribution in [0.5, 0.6) is 0 Å². The first-order valence-corrected chi connectivity index (χ1v) is 7.48.